The summed E-state index contributed by atoms with van der Waals surface area (Å²) >= 11 is 0. The zero-order valence-corrected chi connectivity index (χ0v) is 10.8. The molecule has 0 aromatic heterocycles. The highest BCUT2D eigenvalue weighted by Gasteiger charge is 2.37. The molecule has 0 radical (unpaired) electrons. The van der Waals surface area contributed by atoms with Crippen molar-refractivity contribution in [3.05, 3.63) is 0 Å². The van der Waals surface area contributed by atoms with Crippen molar-refractivity contribution in [2.24, 2.45) is 23.2 Å². The maximum absolute atomic E-state index is 2.51. The van der Waals surface area contributed by atoms with E-state index in [0.29, 0.717) is 5.41 Å². The summed E-state index contributed by atoms with van der Waals surface area (Å²) in [7, 11) is 0. The van der Waals surface area contributed by atoms with Crippen LogP contribution in [-0.4, -0.2) is 0 Å². The van der Waals surface area contributed by atoms with Crippen molar-refractivity contribution >= 4 is 0 Å². The van der Waals surface area contributed by atoms with E-state index >= 15 is 0 Å². The fourth-order valence-electron chi connectivity index (χ4n) is 3.22. The van der Waals surface area contributed by atoms with Gasteiger partial charge in [-0.15, -0.1) is 0 Å². The smallest absolute Gasteiger partial charge is 0.0300 e. The second kappa shape index (κ2) is 4.68. The second-order valence-electron chi connectivity index (χ2n) is 5.89. The Kier molecular flexibility index (Phi) is 4.04. The summed E-state index contributed by atoms with van der Waals surface area (Å²) in [6.07, 6.45) is 7.17. The maximum atomic E-state index is 2.51. The van der Waals surface area contributed by atoms with Gasteiger partial charge in [-0.3, -0.25) is 0 Å². The van der Waals surface area contributed by atoms with Crippen molar-refractivity contribution in [2.45, 2.75) is 66.7 Å². The summed E-state index contributed by atoms with van der Waals surface area (Å²) in [4.78, 5) is 0. The highest BCUT2D eigenvalue weighted by Crippen LogP contribution is 2.48. The summed E-state index contributed by atoms with van der Waals surface area (Å²) in [5.41, 5.74) is 0.653. The molecule has 0 heterocycles. The Morgan fingerprint density at radius 2 is 1.93 bits per heavy atom. The molecule has 0 N–H and O–H groups in total. The summed E-state index contributed by atoms with van der Waals surface area (Å²) in [5, 5.41) is 0. The van der Waals surface area contributed by atoms with Crippen molar-refractivity contribution in [1.82, 2.24) is 0 Å². The Labute approximate surface area is 90.5 Å². The van der Waals surface area contributed by atoms with Crippen molar-refractivity contribution in [2.75, 3.05) is 0 Å². The molecule has 84 valence electrons. The molecule has 14 heavy (non-hydrogen) atoms. The van der Waals surface area contributed by atoms with Crippen molar-refractivity contribution < 1.29 is 0 Å². The normalized spacial score (nSPS) is 39.0. The molecule has 0 nitrogen and oxygen atoms in total. The third-order valence-electron chi connectivity index (χ3n) is 4.90. The quantitative estimate of drug-likeness (QED) is 0.603. The first kappa shape index (κ1) is 12.1. The molecule has 0 aromatic rings. The standard InChI is InChI=1S/C14H28/c1-6-13-10-12(11(3)4)8-9-14(13,5)7-2/h11-13H,6-10H2,1-5H3/t12?,13-,14?/m0/s1. The van der Waals surface area contributed by atoms with Gasteiger partial charge in [0.1, 0.15) is 0 Å². The molecule has 1 rings (SSSR count). The minimum Gasteiger partial charge on any atom is -0.0651 e. The van der Waals surface area contributed by atoms with Gasteiger partial charge in [-0.1, -0.05) is 47.5 Å². The topological polar surface area (TPSA) is 0 Å². The van der Waals surface area contributed by atoms with Crippen LogP contribution in [0.4, 0.5) is 0 Å². The van der Waals surface area contributed by atoms with E-state index in [4.69, 9.17) is 0 Å². The molecule has 1 aliphatic rings. The van der Waals surface area contributed by atoms with Gasteiger partial charge in [0.2, 0.25) is 0 Å². The zero-order valence-electron chi connectivity index (χ0n) is 10.8. The van der Waals surface area contributed by atoms with E-state index in [9.17, 15) is 0 Å². The molecular weight excluding hydrogens is 168 g/mol. The van der Waals surface area contributed by atoms with Crippen LogP contribution in [0.15, 0.2) is 0 Å². The Hall–Kier alpha value is 0. The average molecular weight is 196 g/mol. The van der Waals surface area contributed by atoms with Crippen LogP contribution in [0.25, 0.3) is 0 Å². The molecule has 0 saturated heterocycles. The van der Waals surface area contributed by atoms with Crippen LogP contribution in [0.5, 0.6) is 0 Å². The van der Waals surface area contributed by atoms with Gasteiger partial charge >= 0.3 is 0 Å². The van der Waals surface area contributed by atoms with Gasteiger partial charge in [0.25, 0.3) is 0 Å². The third-order valence-corrected chi connectivity index (χ3v) is 4.90. The summed E-state index contributed by atoms with van der Waals surface area (Å²) in [6, 6.07) is 0. The van der Waals surface area contributed by atoms with Gasteiger partial charge in [-0.2, -0.15) is 0 Å². The lowest BCUT2D eigenvalue weighted by Crippen LogP contribution is -2.35. The molecule has 3 atom stereocenters. The first-order chi connectivity index (χ1) is 6.53. The molecule has 1 saturated carbocycles. The first-order valence-corrected chi connectivity index (χ1v) is 6.53. The van der Waals surface area contributed by atoms with E-state index in [-0.39, 0.29) is 0 Å². The van der Waals surface area contributed by atoms with Crippen LogP contribution >= 0.6 is 0 Å². The Bertz CT molecular complexity index is 171. The van der Waals surface area contributed by atoms with Crippen LogP contribution in [0.2, 0.25) is 0 Å². The predicted octanol–water partition coefficient (Wildman–Crippen LogP) is 4.89. The Balaban J connectivity index is 2.64. The van der Waals surface area contributed by atoms with E-state index in [1.807, 2.05) is 0 Å². The summed E-state index contributed by atoms with van der Waals surface area (Å²) < 4.78 is 0. The van der Waals surface area contributed by atoms with E-state index in [1.54, 1.807) is 0 Å². The van der Waals surface area contributed by atoms with Crippen molar-refractivity contribution in [3.63, 3.8) is 0 Å². The van der Waals surface area contributed by atoms with Crippen LogP contribution in [0, 0.1) is 23.2 Å². The number of hydrogen-bond acceptors (Lipinski definition) is 0. The average Bonchev–Trinajstić information content (AvgIpc) is 2.18. The monoisotopic (exact) mass is 196 g/mol. The fraction of sp³-hybridized carbons (Fsp3) is 1.00. The molecule has 2 unspecified atom stereocenters. The molecule has 0 spiro atoms. The molecule has 0 heteroatoms. The van der Waals surface area contributed by atoms with E-state index in [0.717, 1.165) is 17.8 Å². The lowest BCUT2D eigenvalue weighted by molar-refractivity contribution is 0.0565. The highest BCUT2D eigenvalue weighted by atomic mass is 14.4. The Morgan fingerprint density at radius 3 is 2.36 bits per heavy atom. The van der Waals surface area contributed by atoms with Gasteiger partial charge in [0.15, 0.2) is 0 Å². The molecule has 0 aromatic carbocycles. The Morgan fingerprint density at radius 1 is 1.29 bits per heavy atom. The molecular formula is C14H28. The molecule has 0 amide bonds. The van der Waals surface area contributed by atoms with Crippen LogP contribution < -0.4 is 0 Å². The SMILES string of the molecule is CC[C@H]1CC(C(C)C)CCC1(C)CC. The molecule has 0 bridgehead atoms. The van der Waals surface area contributed by atoms with Gasteiger partial charge in [0.05, 0.1) is 0 Å². The minimum atomic E-state index is 0.653. The lowest BCUT2D eigenvalue weighted by Gasteiger charge is -2.45. The van der Waals surface area contributed by atoms with E-state index in [2.05, 4.69) is 34.6 Å². The number of hydrogen-bond donors (Lipinski definition) is 0. The number of rotatable bonds is 3. The van der Waals surface area contributed by atoms with E-state index in [1.165, 1.54) is 32.1 Å². The highest BCUT2D eigenvalue weighted by molar-refractivity contribution is 4.88. The van der Waals surface area contributed by atoms with Crippen LogP contribution in [0.3, 0.4) is 0 Å². The van der Waals surface area contributed by atoms with Gasteiger partial charge in [-0.25, -0.2) is 0 Å². The first-order valence-electron chi connectivity index (χ1n) is 6.53. The fourth-order valence-corrected chi connectivity index (χ4v) is 3.22. The minimum absolute atomic E-state index is 0.653. The molecule has 1 aliphatic carbocycles. The third kappa shape index (κ3) is 2.32. The summed E-state index contributed by atoms with van der Waals surface area (Å²) in [5.74, 6) is 2.87. The van der Waals surface area contributed by atoms with Gasteiger partial charge in [-0.05, 0) is 42.4 Å². The largest absolute Gasteiger partial charge is 0.0651 e. The molecule has 0 aliphatic heterocycles. The van der Waals surface area contributed by atoms with Gasteiger partial charge < -0.3 is 0 Å². The zero-order chi connectivity index (χ0) is 10.8. The van der Waals surface area contributed by atoms with Crippen LogP contribution in [-0.2, 0) is 0 Å². The van der Waals surface area contributed by atoms with Crippen LogP contribution in [0.1, 0.15) is 66.7 Å². The summed E-state index contributed by atoms with van der Waals surface area (Å²) in [6.45, 7) is 12.1. The lowest BCUT2D eigenvalue weighted by atomic mass is 9.60. The maximum Gasteiger partial charge on any atom is -0.0300 e. The predicted molar refractivity (Wildman–Crippen MR) is 64.4 cm³/mol. The van der Waals surface area contributed by atoms with Gasteiger partial charge in [0, 0.05) is 0 Å². The molecule has 1 fully saturated rings. The van der Waals surface area contributed by atoms with E-state index < -0.39 is 0 Å². The van der Waals surface area contributed by atoms with Crippen molar-refractivity contribution in [1.29, 1.82) is 0 Å². The van der Waals surface area contributed by atoms with Crippen molar-refractivity contribution in [3.8, 4) is 0 Å². The second-order valence-corrected chi connectivity index (χ2v) is 5.89.